The van der Waals surface area contributed by atoms with Gasteiger partial charge in [0.05, 0.1) is 5.71 Å². The Morgan fingerprint density at radius 3 is 2.41 bits per heavy atom. The number of benzene rings is 2. The second-order valence-electron chi connectivity index (χ2n) is 7.74. The van der Waals surface area contributed by atoms with Crippen LogP contribution in [0.4, 0.5) is 5.69 Å². The molecule has 2 aromatic rings. The molecule has 1 heterocycles. The fraction of sp³-hybridized carbons (Fsp3) is 0.417. The lowest BCUT2D eigenvalue weighted by molar-refractivity contribution is -0.123. The van der Waals surface area contributed by atoms with Crippen LogP contribution in [0.15, 0.2) is 47.6 Å². The van der Waals surface area contributed by atoms with Crippen LogP contribution in [0.2, 0.25) is 0 Å². The van der Waals surface area contributed by atoms with Crippen LogP contribution in [0.5, 0.6) is 5.75 Å². The van der Waals surface area contributed by atoms with Gasteiger partial charge in [0.2, 0.25) is 0 Å². The maximum Gasteiger partial charge on any atom is 0.277 e. The number of aryl methyl sites for hydroxylation is 2. The van der Waals surface area contributed by atoms with E-state index >= 15 is 0 Å². The van der Waals surface area contributed by atoms with E-state index in [-0.39, 0.29) is 12.5 Å². The normalized spacial score (nSPS) is 15.0. The van der Waals surface area contributed by atoms with Crippen molar-refractivity contribution in [3.8, 4) is 5.75 Å². The van der Waals surface area contributed by atoms with Gasteiger partial charge in [-0.1, -0.05) is 37.1 Å². The molecule has 0 spiro atoms. The summed E-state index contributed by atoms with van der Waals surface area (Å²) in [6.07, 6.45) is 5.18. The lowest BCUT2D eigenvalue weighted by Crippen LogP contribution is -2.26. The van der Waals surface area contributed by atoms with Crippen LogP contribution >= 0.6 is 0 Å². The van der Waals surface area contributed by atoms with E-state index in [0.29, 0.717) is 0 Å². The SMILES string of the molecule is C/C(=N/NC(=O)COc1cc(C)ccc1C)c1ccc(N2CCCCCC2)cc1. The van der Waals surface area contributed by atoms with E-state index in [4.69, 9.17) is 4.74 Å². The highest BCUT2D eigenvalue weighted by Gasteiger charge is 2.10. The summed E-state index contributed by atoms with van der Waals surface area (Å²) in [6, 6.07) is 14.4. The predicted octanol–water partition coefficient (Wildman–Crippen LogP) is 4.60. The zero-order chi connectivity index (χ0) is 20.6. The number of hydrazone groups is 1. The highest BCUT2D eigenvalue weighted by molar-refractivity contribution is 5.99. The molecule has 0 atom stereocenters. The second-order valence-corrected chi connectivity index (χ2v) is 7.74. The van der Waals surface area contributed by atoms with Crippen molar-refractivity contribution < 1.29 is 9.53 Å². The molecule has 0 bridgehead atoms. The first-order chi connectivity index (χ1) is 14.0. The Morgan fingerprint density at radius 1 is 1.03 bits per heavy atom. The Morgan fingerprint density at radius 2 is 1.72 bits per heavy atom. The number of ether oxygens (including phenoxy) is 1. The van der Waals surface area contributed by atoms with Crippen LogP contribution in [0, 0.1) is 13.8 Å². The predicted molar refractivity (Wildman–Crippen MR) is 119 cm³/mol. The van der Waals surface area contributed by atoms with E-state index < -0.39 is 0 Å². The largest absolute Gasteiger partial charge is 0.483 e. The zero-order valence-electron chi connectivity index (χ0n) is 17.7. The van der Waals surface area contributed by atoms with Gasteiger partial charge >= 0.3 is 0 Å². The lowest BCUT2D eigenvalue weighted by Gasteiger charge is -2.22. The van der Waals surface area contributed by atoms with Gasteiger partial charge in [-0.25, -0.2) is 5.43 Å². The number of amides is 1. The van der Waals surface area contributed by atoms with Crippen molar-refractivity contribution in [2.75, 3.05) is 24.6 Å². The fourth-order valence-corrected chi connectivity index (χ4v) is 3.49. The second kappa shape index (κ2) is 10.1. The number of hydrogen-bond donors (Lipinski definition) is 1. The molecule has 0 radical (unpaired) electrons. The summed E-state index contributed by atoms with van der Waals surface area (Å²) in [4.78, 5) is 14.5. The first-order valence-corrected chi connectivity index (χ1v) is 10.4. The fourth-order valence-electron chi connectivity index (χ4n) is 3.49. The molecule has 0 unspecified atom stereocenters. The minimum Gasteiger partial charge on any atom is -0.483 e. The topological polar surface area (TPSA) is 53.9 Å². The van der Waals surface area contributed by atoms with Crippen LogP contribution in [-0.4, -0.2) is 31.3 Å². The number of carbonyl (C=O) groups excluding carboxylic acids is 1. The smallest absolute Gasteiger partial charge is 0.277 e. The molecule has 1 fully saturated rings. The Bertz CT molecular complexity index is 851. The molecule has 1 amide bonds. The molecule has 1 saturated heterocycles. The molecule has 2 aromatic carbocycles. The summed E-state index contributed by atoms with van der Waals surface area (Å²) in [6.45, 7) is 8.05. The number of anilines is 1. The molecule has 1 N–H and O–H groups in total. The molecule has 0 aromatic heterocycles. The average molecular weight is 394 g/mol. The zero-order valence-corrected chi connectivity index (χ0v) is 17.7. The van der Waals surface area contributed by atoms with Crippen LogP contribution in [0.3, 0.4) is 0 Å². The molecular weight excluding hydrogens is 362 g/mol. The summed E-state index contributed by atoms with van der Waals surface area (Å²) in [5, 5.41) is 4.23. The minimum atomic E-state index is -0.272. The molecule has 0 saturated carbocycles. The number of hydrogen-bond acceptors (Lipinski definition) is 4. The summed E-state index contributed by atoms with van der Waals surface area (Å²) in [7, 11) is 0. The monoisotopic (exact) mass is 393 g/mol. The minimum absolute atomic E-state index is 0.0605. The number of carbonyl (C=O) groups is 1. The number of rotatable bonds is 6. The van der Waals surface area contributed by atoms with Gasteiger partial charge in [0, 0.05) is 18.8 Å². The Kier molecular flexibility index (Phi) is 7.28. The lowest BCUT2D eigenvalue weighted by atomic mass is 10.1. The van der Waals surface area contributed by atoms with Gasteiger partial charge in [-0.05, 0) is 68.5 Å². The maximum absolute atomic E-state index is 12.1. The van der Waals surface area contributed by atoms with E-state index in [2.05, 4.69) is 39.7 Å². The molecule has 5 nitrogen and oxygen atoms in total. The highest BCUT2D eigenvalue weighted by Crippen LogP contribution is 2.20. The highest BCUT2D eigenvalue weighted by atomic mass is 16.5. The van der Waals surface area contributed by atoms with E-state index in [9.17, 15) is 4.79 Å². The molecular formula is C24H31N3O2. The van der Waals surface area contributed by atoms with Crippen molar-refractivity contribution in [3.63, 3.8) is 0 Å². The Hall–Kier alpha value is -2.82. The van der Waals surface area contributed by atoms with Gasteiger partial charge in [-0.15, -0.1) is 0 Å². The van der Waals surface area contributed by atoms with Crippen LogP contribution in [0.1, 0.15) is 49.3 Å². The van der Waals surface area contributed by atoms with Crippen LogP contribution < -0.4 is 15.1 Å². The summed E-state index contributed by atoms with van der Waals surface area (Å²) >= 11 is 0. The average Bonchev–Trinajstić information content (AvgIpc) is 3.02. The first kappa shape index (κ1) is 20.9. The standard InChI is InChI=1S/C24H31N3O2/c1-18-8-9-19(2)23(16-18)29-17-24(28)26-25-20(3)21-10-12-22(13-11-21)27-14-6-4-5-7-15-27/h8-13,16H,4-7,14-15,17H2,1-3H3,(H,26,28)/b25-20-. The summed E-state index contributed by atoms with van der Waals surface area (Å²) in [5.41, 5.74) is 7.72. The van der Waals surface area contributed by atoms with E-state index in [1.54, 1.807) is 0 Å². The Labute approximate surface area is 173 Å². The molecule has 0 aliphatic carbocycles. The van der Waals surface area contributed by atoms with E-state index in [1.807, 2.05) is 39.0 Å². The number of nitrogens with zero attached hydrogens (tertiary/aromatic N) is 2. The van der Waals surface area contributed by atoms with Gasteiger partial charge < -0.3 is 9.64 Å². The van der Waals surface area contributed by atoms with Crippen molar-refractivity contribution in [1.82, 2.24) is 5.43 Å². The molecule has 154 valence electrons. The first-order valence-electron chi connectivity index (χ1n) is 10.4. The third-order valence-corrected chi connectivity index (χ3v) is 5.31. The third-order valence-electron chi connectivity index (χ3n) is 5.31. The maximum atomic E-state index is 12.1. The van der Waals surface area contributed by atoms with Crippen molar-refractivity contribution in [2.24, 2.45) is 5.10 Å². The van der Waals surface area contributed by atoms with Crippen molar-refractivity contribution in [1.29, 1.82) is 0 Å². The molecule has 3 rings (SSSR count). The van der Waals surface area contributed by atoms with Crippen LogP contribution in [0.25, 0.3) is 0 Å². The third kappa shape index (κ3) is 6.08. The molecule has 29 heavy (non-hydrogen) atoms. The van der Waals surface area contributed by atoms with Gasteiger partial charge in [-0.3, -0.25) is 4.79 Å². The quantitative estimate of drug-likeness (QED) is 0.576. The molecule has 5 heteroatoms. The van der Waals surface area contributed by atoms with Crippen molar-refractivity contribution in [3.05, 3.63) is 59.2 Å². The van der Waals surface area contributed by atoms with Gasteiger partial charge in [0.1, 0.15) is 5.75 Å². The van der Waals surface area contributed by atoms with E-state index in [1.165, 1.54) is 31.4 Å². The van der Waals surface area contributed by atoms with Crippen molar-refractivity contribution in [2.45, 2.75) is 46.5 Å². The molecule has 1 aliphatic heterocycles. The van der Waals surface area contributed by atoms with Gasteiger partial charge in [0.25, 0.3) is 5.91 Å². The van der Waals surface area contributed by atoms with Crippen LogP contribution in [-0.2, 0) is 4.79 Å². The number of nitrogens with one attached hydrogen (secondary N) is 1. The van der Waals surface area contributed by atoms with E-state index in [0.717, 1.165) is 41.2 Å². The summed E-state index contributed by atoms with van der Waals surface area (Å²) < 4.78 is 5.62. The van der Waals surface area contributed by atoms with Gasteiger partial charge in [0.15, 0.2) is 6.61 Å². The van der Waals surface area contributed by atoms with Gasteiger partial charge in [-0.2, -0.15) is 5.10 Å². The van der Waals surface area contributed by atoms with Crippen molar-refractivity contribution >= 4 is 17.3 Å². The Balaban J connectivity index is 1.53. The summed E-state index contributed by atoms with van der Waals surface area (Å²) in [5.74, 6) is 0.455. The molecule has 1 aliphatic rings.